The molecule has 16 heavy (non-hydrogen) atoms. The maximum atomic E-state index is 11.9. The summed E-state index contributed by atoms with van der Waals surface area (Å²) in [6.45, 7) is 8.79. The minimum atomic E-state index is 0.350. The summed E-state index contributed by atoms with van der Waals surface area (Å²) in [6, 6.07) is 0. The molecule has 2 saturated heterocycles. The molecule has 0 saturated carbocycles. The van der Waals surface area contributed by atoms with E-state index in [1.807, 2.05) is 0 Å². The summed E-state index contributed by atoms with van der Waals surface area (Å²) in [5, 5.41) is 3.28. The van der Waals surface area contributed by atoms with Gasteiger partial charge in [-0.3, -0.25) is 4.79 Å². The third-order valence-corrected chi connectivity index (χ3v) is 4.10. The summed E-state index contributed by atoms with van der Waals surface area (Å²) < 4.78 is 0. The van der Waals surface area contributed by atoms with Crippen LogP contribution in [0.4, 0.5) is 0 Å². The summed E-state index contributed by atoms with van der Waals surface area (Å²) in [5.74, 6) is 1.18. The Hall–Kier alpha value is -0.570. The molecule has 3 nitrogen and oxygen atoms in total. The van der Waals surface area contributed by atoms with Crippen molar-refractivity contribution in [2.75, 3.05) is 26.2 Å². The normalized spacial score (nSPS) is 26.4. The molecule has 2 aliphatic heterocycles. The topological polar surface area (TPSA) is 32.3 Å². The predicted molar refractivity (Wildman–Crippen MR) is 65.2 cm³/mol. The van der Waals surface area contributed by atoms with Gasteiger partial charge in [-0.05, 0) is 43.7 Å². The molecule has 2 fully saturated rings. The van der Waals surface area contributed by atoms with E-state index in [2.05, 4.69) is 24.1 Å². The number of nitrogens with one attached hydrogen (secondary N) is 1. The molecule has 0 aliphatic carbocycles. The molecule has 0 aromatic carbocycles. The lowest BCUT2D eigenvalue weighted by Gasteiger charge is -2.30. The van der Waals surface area contributed by atoms with Crippen LogP contribution in [0.3, 0.4) is 0 Å². The van der Waals surface area contributed by atoms with Gasteiger partial charge < -0.3 is 10.2 Å². The minimum Gasteiger partial charge on any atom is -0.343 e. The number of carbonyl (C=O) groups is 1. The fourth-order valence-electron chi connectivity index (χ4n) is 2.42. The molecule has 1 N–H and O–H groups in total. The standard InChI is InChI=1S/C13H24N2O/c1-13(2)5-3-12(16)15(8-6-13)7-4-11-9-14-10-11/h11,14H,3-10H2,1-2H3. The first kappa shape index (κ1) is 11.9. The highest BCUT2D eigenvalue weighted by Gasteiger charge is 2.28. The molecule has 2 aliphatic rings. The van der Waals surface area contributed by atoms with Gasteiger partial charge in [-0.15, -0.1) is 0 Å². The molecular formula is C13H24N2O. The lowest BCUT2D eigenvalue weighted by molar-refractivity contribution is -0.130. The van der Waals surface area contributed by atoms with Crippen LogP contribution < -0.4 is 5.32 Å². The molecule has 3 heteroatoms. The Morgan fingerprint density at radius 2 is 2.12 bits per heavy atom. The van der Waals surface area contributed by atoms with Crippen LogP contribution in [0.15, 0.2) is 0 Å². The molecule has 0 radical (unpaired) electrons. The zero-order chi connectivity index (χ0) is 11.6. The van der Waals surface area contributed by atoms with E-state index in [0.29, 0.717) is 11.3 Å². The van der Waals surface area contributed by atoms with E-state index in [1.54, 1.807) is 0 Å². The first-order valence-corrected chi connectivity index (χ1v) is 6.55. The third-order valence-electron chi connectivity index (χ3n) is 4.10. The number of amides is 1. The van der Waals surface area contributed by atoms with Gasteiger partial charge in [0.2, 0.25) is 5.91 Å². The van der Waals surface area contributed by atoms with Crippen LogP contribution in [0.25, 0.3) is 0 Å². The van der Waals surface area contributed by atoms with Crippen molar-refractivity contribution in [1.29, 1.82) is 0 Å². The molecule has 2 rings (SSSR count). The van der Waals surface area contributed by atoms with Crippen molar-refractivity contribution >= 4 is 5.91 Å². The Morgan fingerprint density at radius 3 is 2.75 bits per heavy atom. The fraction of sp³-hybridized carbons (Fsp3) is 0.923. The average molecular weight is 224 g/mol. The Bertz CT molecular complexity index is 259. The van der Waals surface area contributed by atoms with E-state index in [-0.39, 0.29) is 0 Å². The smallest absolute Gasteiger partial charge is 0.222 e. The maximum absolute atomic E-state index is 11.9. The third kappa shape index (κ3) is 2.97. The van der Waals surface area contributed by atoms with Gasteiger partial charge in [-0.2, -0.15) is 0 Å². The molecule has 0 aromatic heterocycles. The number of rotatable bonds is 3. The van der Waals surface area contributed by atoms with Crippen molar-refractivity contribution in [3.8, 4) is 0 Å². The SMILES string of the molecule is CC1(C)CCC(=O)N(CCC2CNC2)CC1. The molecule has 1 amide bonds. The number of likely N-dealkylation sites (tertiary alicyclic amines) is 1. The monoisotopic (exact) mass is 224 g/mol. The van der Waals surface area contributed by atoms with E-state index >= 15 is 0 Å². The summed E-state index contributed by atoms with van der Waals surface area (Å²) >= 11 is 0. The van der Waals surface area contributed by atoms with Crippen molar-refractivity contribution in [3.63, 3.8) is 0 Å². The molecule has 0 bridgehead atoms. The summed E-state index contributed by atoms with van der Waals surface area (Å²) in [6.07, 6.45) is 4.13. The van der Waals surface area contributed by atoms with Gasteiger partial charge in [-0.25, -0.2) is 0 Å². The number of hydrogen-bond donors (Lipinski definition) is 1. The van der Waals surface area contributed by atoms with Gasteiger partial charge in [0.1, 0.15) is 0 Å². The van der Waals surface area contributed by atoms with Crippen molar-refractivity contribution in [1.82, 2.24) is 10.2 Å². The first-order valence-electron chi connectivity index (χ1n) is 6.55. The molecule has 0 spiro atoms. The van der Waals surface area contributed by atoms with Crippen molar-refractivity contribution < 1.29 is 4.79 Å². The van der Waals surface area contributed by atoms with Crippen molar-refractivity contribution in [2.24, 2.45) is 11.3 Å². The quantitative estimate of drug-likeness (QED) is 0.790. The molecule has 0 aromatic rings. The molecule has 0 unspecified atom stereocenters. The maximum Gasteiger partial charge on any atom is 0.222 e. The second-order valence-electron chi connectivity index (χ2n) is 6.11. The molecule has 2 heterocycles. The van der Waals surface area contributed by atoms with E-state index in [0.717, 1.165) is 51.4 Å². The van der Waals surface area contributed by atoms with Crippen LogP contribution in [-0.4, -0.2) is 37.0 Å². The van der Waals surface area contributed by atoms with Gasteiger partial charge >= 0.3 is 0 Å². The van der Waals surface area contributed by atoms with Crippen molar-refractivity contribution in [2.45, 2.75) is 39.5 Å². The highest BCUT2D eigenvalue weighted by molar-refractivity contribution is 5.76. The fourth-order valence-corrected chi connectivity index (χ4v) is 2.42. The van der Waals surface area contributed by atoms with Crippen LogP contribution >= 0.6 is 0 Å². The van der Waals surface area contributed by atoms with Crippen LogP contribution in [0, 0.1) is 11.3 Å². The Kier molecular flexibility index (Phi) is 3.53. The zero-order valence-electron chi connectivity index (χ0n) is 10.6. The average Bonchev–Trinajstić information content (AvgIpc) is 2.27. The summed E-state index contributed by atoms with van der Waals surface area (Å²) in [5.41, 5.74) is 0.350. The number of carbonyl (C=O) groups excluding carboxylic acids is 1. The van der Waals surface area contributed by atoms with Gasteiger partial charge in [-0.1, -0.05) is 13.8 Å². The Labute approximate surface area is 98.6 Å². The summed E-state index contributed by atoms with van der Waals surface area (Å²) in [4.78, 5) is 14.0. The van der Waals surface area contributed by atoms with Gasteiger partial charge in [0.15, 0.2) is 0 Å². The highest BCUT2D eigenvalue weighted by Crippen LogP contribution is 2.30. The largest absolute Gasteiger partial charge is 0.343 e. The van der Waals surface area contributed by atoms with Gasteiger partial charge in [0.25, 0.3) is 0 Å². The van der Waals surface area contributed by atoms with Crippen molar-refractivity contribution in [3.05, 3.63) is 0 Å². The molecule has 92 valence electrons. The van der Waals surface area contributed by atoms with E-state index in [1.165, 1.54) is 6.42 Å². The number of hydrogen-bond acceptors (Lipinski definition) is 2. The second-order valence-corrected chi connectivity index (χ2v) is 6.11. The zero-order valence-corrected chi connectivity index (χ0v) is 10.6. The molecule has 0 atom stereocenters. The van der Waals surface area contributed by atoms with E-state index in [9.17, 15) is 4.79 Å². The van der Waals surface area contributed by atoms with Crippen LogP contribution in [0.2, 0.25) is 0 Å². The lowest BCUT2D eigenvalue weighted by atomic mass is 9.85. The first-order chi connectivity index (χ1) is 7.57. The molecular weight excluding hydrogens is 200 g/mol. The predicted octanol–water partition coefficient (Wildman–Crippen LogP) is 1.63. The van der Waals surface area contributed by atoms with Crippen LogP contribution in [-0.2, 0) is 4.79 Å². The van der Waals surface area contributed by atoms with E-state index in [4.69, 9.17) is 0 Å². The Morgan fingerprint density at radius 1 is 1.38 bits per heavy atom. The highest BCUT2D eigenvalue weighted by atomic mass is 16.2. The van der Waals surface area contributed by atoms with Gasteiger partial charge in [0.05, 0.1) is 0 Å². The Balaban J connectivity index is 1.80. The lowest BCUT2D eigenvalue weighted by Crippen LogP contribution is -2.44. The minimum absolute atomic E-state index is 0.350. The van der Waals surface area contributed by atoms with Gasteiger partial charge in [0, 0.05) is 19.5 Å². The van der Waals surface area contributed by atoms with Crippen LogP contribution in [0.1, 0.15) is 39.5 Å². The number of nitrogens with zero attached hydrogens (tertiary/aromatic N) is 1. The van der Waals surface area contributed by atoms with Crippen LogP contribution in [0.5, 0.6) is 0 Å². The summed E-state index contributed by atoms with van der Waals surface area (Å²) in [7, 11) is 0. The van der Waals surface area contributed by atoms with E-state index < -0.39 is 0 Å². The second kappa shape index (κ2) is 4.74.